The molecule has 0 aliphatic rings. The van der Waals surface area contributed by atoms with Crippen molar-refractivity contribution in [1.82, 2.24) is 0 Å². The molecular formula is C24H20N2O5S. The molecule has 0 radical (unpaired) electrons. The van der Waals surface area contributed by atoms with Crippen molar-refractivity contribution in [3.05, 3.63) is 89.5 Å². The van der Waals surface area contributed by atoms with Crippen LogP contribution in [0.15, 0.2) is 83.3 Å². The summed E-state index contributed by atoms with van der Waals surface area (Å²) in [6, 6.07) is 21.1. The molecule has 3 aromatic rings. The first-order valence-corrected chi connectivity index (χ1v) is 10.9. The van der Waals surface area contributed by atoms with Gasteiger partial charge < -0.3 is 14.2 Å². The van der Waals surface area contributed by atoms with Gasteiger partial charge in [-0.05, 0) is 49.4 Å². The van der Waals surface area contributed by atoms with E-state index in [2.05, 4.69) is 5.32 Å². The Labute approximate surface area is 186 Å². The largest absolute Gasteiger partial charge is 0.497 e. The fourth-order valence-electron chi connectivity index (χ4n) is 2.73. The molecule has 3 rings (SSSR count). The van der Waals surface area contributed by atoms with Crippen molar-refractivity contribution in [3.63, 3.8) is 0 Å². The maximum absolute atomic E-state index is 12.8. The summed E-state index contributed by atoms with van der Waals surface area (Å²) in [4.78, 5) is 12.5. The fraction of sp³-hybridized carbons (Fsp3) is 0.0833. The van der Waals surface area contributed by atoms with Gasteiger partial charge in [0.15, 0.2) is 5.75 Å². The van der Waals surface area contributed by atoms with Crippen LogP contribution in [0.3, 0.4) is 0 Å². The Morgan fingerprint density at radius 3 is 2.34 bits per heavy atom. The molecule has 0 bridgehead atoms. The van der Waals surface area contributed by atoms with Crippen LogP contribution in [0.5, 0.6) is 11.5 Å². The van der Waals surface area contributed by atoms with Crippen LogP contribution in [-0.2, 0) is 14.9 Å². The molecule has 0 fully saturated rings. The van der Waals surface area contributed by atoms with E-state index in [-0.39, 0.29) is 21.8 Å². The highest BCUT2D eigenvalue weighted by Gasteiger charge is 2.20. The van der Waals surface area contributed by atoms with E-state index in [0.717, 1.165) is 5.56 Å². The molecule has 0 saturated heterocycles. The summed E-state index contributed by atoms with van der Waals surface area (Å²) in [7, 11) is -2.73. The van der Waals surface area contributed by atoms with Crippen LogP contribution in [0, 0.1) is 18.3 Å². The molecule has 0 saturated carbocycles. The number of nitrogens with one attached hydrogen (secondary N) is 1. The summed E-state index contributed by atoms with van der Waals surface area (Å²) in [5.74, 6) is -0.365. The highest BCUT2D eigenvalue weighted by atomic mass is 32.2. The molecule has 0 heterocycles. The predicted octanol–water partition coefficient (Wildman–Crippen LogP) is 4.32. The molecule has 32 heavy (non-hydrogen) atoms. The number of aryl methyl sites for hydroxylation is 1. The quantitative estimate of drug-likeness (QED) is 0.328. The van der Waals surface area contributed by atoms with Crippen molar-refractivity contribution in [2.45, 2.75) is 11.8 Å². The highest BCUT2D eigenvalue weighted by Crippen LogP contribution is 2.30. The normalized spacial score (nSPS) is 11.3. The van der Waals surface area contributed by atoms with E-state index < -0.39 is 16.0 Å². The van der Waals surface area contributed by atoms with Crippen molar-refractivity contribution in [2.24, 2.45) is 0 Å². The van der Waals surface area contributed by atoms with E-state index in [1.165, 1.54) is 37.5 Å². The zero-order valence-electron chi connectivity index (χ0n) is 17.4. The summed E-state index contributed by atoms with van der Waals surface area (Å²) < 4.78 is 36.0. The second-order valence-electron chi connectivity index (χ2n) is 6.74. The lowest BCUT2D eigenvalue weighted by Crippen LogP contribution is -2.14. The second kappa shape index (κ2) is 9.81. The number of nitriles is 1. The maximum atomic E-state index is 12.8. The van der Waals surface area contributed by atoms with Gasteiger partial charge in [-0.15, -0.1) is 0 Å². The highest BCUT2D eigenvalue weighted by molar-refractivity contribution is 7.87. The van der Waals surface area contributed by atoms with Crippen molar-refractivity contribution in [3.8, 4) is 17.6 Å². The molecule has 7 nitrogen and oxygen atoms in total. The molecule has 0 aliphatic heterocycles. The summed E-state index contributed by atoms with van der Waals surface area (Å²) in [6.45, 7) is 1.84. The fourth-order valence-corrected chi connectivity index (χ4v) is 3.67. The molecule has 0 aliphatic carbocycles. The van der Waals surface area contributed by atoms with E-state index in [4.69, 9.17) is 8.92 Å². The smallest absolute Gasteiger partial charge is 0.339 e. The van der Waals surface area contributed by atoms with Crippen LogP contribution >= 0.6 is 0 Å². The number of ether oxygens (including phenoxy) is 1. The average Bonchev–Trinajstić information content (AvgIpc) is 2.78. The van der Waals surface area contributed by atoms with Crippen LogP contribution in [-0.4, -0.2) is 21.4 Å². The van der Waals surface area contributed by atoms with Crippen molar-refractivity contribution in [1.29, 1.82) is 5.26 Å². The van der Waals surface area contributed by atoms with Crippen molar-refractivity contribution >= 4 is 27.8 Å². The minimum Gasteiger partial charge on any atom is -0.497 e. The summed E-state index contributed by atoms with van der Waals surface area (Å²) in [5.41, 5.74) is 1.42. The molecule has 0 aromatic heterocycles. The first-order valence-electron chi connectivity index (χ1n) is 9.50. The van der Waals surface area contributed by atoms with Gasteiger partial charge in [0.2, 0.25) is 0 Å². The third-order valence-corrected chi connectivity index (χ3v) is 5.67. The standard InChI is InChI=1S/C24H20N2O5S/c1-17-8-12-22(13-9-17)32(28,29)31-23-15-21(30-2)11-10-18(23)14-19(16-25)24(27)26-20-6-4-3-5-7-20/h3-15H,1-2H3,(H,26,27)/b19-14+. The zero-order chi connectivity index (χ0) is 23.1. The van der Waals surface area contributed by atoms with Crippen LogP contribution in [0.1, 0.15) is 11.1 Å². The lowest BCUT2D eigenvalue weighted by molar-refractivity contribution is -0.112. The van der Waals surface area contributed by atoms with Gasteiger partial charge in [-0.25, -0.2) is 0 Å². The van der Waals surface area contributed by atoms with Crippen LogP contribution < -0.4 is 14.2 Å². The Kier molecular flexibility index (Phi) is 6.93. The van der Waals surface area contributed by atoms with Crippen LogP contribution in [0.4, 0.5) is 5.69 Å². The van der Waals surface area contributed by atoms with E-state index >= 15 is 0 Å². The van der Waals surface area contributed by atoms with Gasteiger partial charge in [0.05, 0.1) is 7.11 Å². The van der Waals surface area contributed by atoms with E-state index in [1.807, 2.05) is 13.0 Å². The first kappa shape index (κ1) is 22.6. The number of methoxy groups -OCH3 is 1. The number of hydrogen-bond acceptors (Lipinski definition) is 6. The Morgan fingerprint density at radius 1 is 1.03 bits per heavy atom. The number of benzene rings is 3. The van der Waals surface area contributed by atoms with E-state index in [1.54, 1.807) is 48.5 Å². The lowest BCUT2D eigenvalue weighted by atomic mass is 10.1. The van der Waals surface area contributed by atoms with Gasteiger partial charge in [0.25, 0.3) is 5.91 Å². The SMILES string of the molecule is COc1ccc(/C=C(\C#N)C(=O)Nc2ccccc2)c(OS(=O)(=O)c2ccc(C)cc2)c1. The average molecular weight is 449 g/mol. The molecule has 162 valence electrons. The third-order valence-electron chi connectivity index (χ3n) is 4.43. The van der Waals surface area contributed by atoms with Gasteiger partial charge >= 0.3 is 10.1 Å². The Bertz CT molecular complexity index is 1290. The Morgan fingerprint density at radius 2 is 1.72 bits per heavy atom. The Hall–Kier alpha value is -4.09. The number of para-hydroxylation sites is 1. The predicted molar refractivity (Wildman–Crippen MR) is 121 cm³/mol. The molecule has 1 N–H and O–H groups in total. The molecule has 0 unspecified atom stereocenters. The molecule has 0 atom stereocenters. The summed E-state index contributed by atoms with van der Waals surface area (Å²) in [5, 5.41) is 12.1. The van der Waals surface area contributed by atoms with Gasteiger partial charge in [0, 0.05) is 17.3 Å². The number of nitrogens with zero attached hydrogens (tertiary/aromatic N) is 1. The minimum atomic E-state index is -4.16. The third kappa shape index (κ3) is 5.53. The number of carbonyl (C=O) groups excluding carboxylic acids is 1. The number of rotatable bonds is 7. The molecule has 0 spiro atoms. The molecule has 3 aromatic carbocycles. The van der Waals surface area contributed by atoms with Crippen molar-refractivity contribution < 1.29 is 22.1 Å². The molecular weight excluding hydrogens is 428 g/mol. The lowest BCUT2D eigenvalue weighted by Gasteiger charge is -2.12. The second-order valence-corrected chi connectivity index (χ2v) is 8.29. The number of carbonyl (C=O) groups is 1. The number of hydrogen-bond donors (Lipinski definition) is 1. The zero-order valence-corrected chi connectivity index (χ0v) is 18.2. The van der Waals surface area contributed by atoms with E-state index in [0.29, 0.717) is 11.4 Å². The van der Waals surface area contributed by atoms with Gasteiger partial charge in [0.1, 0.15) is 22.3 Å². The summed E-state index contributed by atoms with van der Waals surface area (Å²) >= 11 is 0. The Balaban J connectivity index is 1.96. The van der Waals surface area contributed by atoms with Crippen molar-refractivity contribution in [2.75, 3.05) is 12.4 Å². The van der Waals surface area contributed by atoms with Crippen LogP contribution in [0.2, 0.25) is 0 Å². The van der Waals surface area contributed by atoms with Crippen LogP contribution in [0.25, 0.3) is 6.08 Å². The minimum absolute atomic E-state index is 0.0248. The molecule has 1 amide bonds. The number of anilines is 1. The van der Waals surface area contributed by atoms with E-state index in [9.17, 15) is 18.5 Å². The topological polar surface area (TPSA) is 105 Å². The maximum Gasteiger partial charge on any atom is 0.339 e. The number of amides is 1. The summed E-state index contributed by atoms with van der Waals surface area (Å²) in [6.07, 6.45) is 1.26. The van der Waals surface area contributed by atoms with Gasteiger partial charge in [-0.1, -0.05) is 35.9 Å². The first-order chi connectivity index (χ1) is 15.3. The van der Waals surface area contributed by atoms with Gasteiger partial charge in [-0.2, -0.15) is 13.7 Å². The monoisotopic (exact) mass is 448 g/mol. The van der Waals surface area contributed by atoms with Gasteiger partial charge in [-0.3, -0.25) is 4.79 Å². The molecule has 8 heteroatoms.